The number of hydrogen-bond donors (Lipinski definition) is 1. The third-order valence-corrected chi connectivity index (χ3v) is 2.54. The summed E-state index contributed by atoms with van der Waals surface area (Å²) in [5, 5.41) is 2.68. The molecule has 0 aromatic carbocycles. The Balaban J connectivity index is 2.07. The Hall–Kier alpha value is -1.06. The summed E-state index contributed by atoms with van der Waals surface area (Å²) in [5.74, 6) is -0.0107. The normalized spacial score (nSPS) is 25.2. The Morgan fingerprint density at radius 1 is 1.33 bits per heavy atom. The van der Waals surface area contributed by atoms with Gasteiger partial charge in [-0.25, -0.2) is 4.79 Å². The second kappa shape index (κ2) is 2.77. The maximum atomic E-state index is 11.3. The van der Waals surface area contributed by atoms with E-state index in [4.69, 9.17) is 0 Å². The molecule has 0 radical (unpaired) electrons. The molecule has 0 spiro atoms. The van der Waals surface area contributed by atoms with Crippen molar-refractivity contribution in [3.8, 4) is 0 Å². The number of imide groups is 1. The second-order valence-electron chi connectivity index (χ2n) is 3.33. The predicted molar refractivity (Wildman–Crippen MR) is 42.5 cm³/mol. The molecule has 1 aliphatic heterocycles. The van der Waals surface area contributed by atoms with Crippen LogP contribution in [0.15, 0.2) is 0 Å². The first-order valence-corrected chi connectivity index (χ1v) is 4.39. The third-order valence-electron chi connectivity index (χ3n) is 2.54. The van der Waals surface area contributed by atoms with Crippen LogP contribution in [0.1, 0.15) is 25.7 Å². The highest BCUT2D eigenvalue weighted by molar-refractivity contribution is 5.97. The molecule has 2 fully saturated rings. The molecule has 1 saturated carbocycles. The molecule has 3 amide bonds. The van der Waals surface area contributed by atoms with Crippen LogP contribution in [0.2, 0.25) is 0 Å². The number of rotatable bonds is 1. The zero-order chi connectivity index (χ0) is 8.55. The fourth-order valence-electron chi connectivity index (χ4n) is 1.61. The van der Waals surface area contributed by atoms with E-state index in [1.165, 1.54) is 4.90 Å². The van der Waals surface area contributed by atoms with Gasteiger partial charge in [0.25, 0.3) is 0 Å². The number of carbonyl (C=O) groups excluding carboxylic acids is 2. The molecule has 1 N–H and O–H groups in total. The SMILES string of the molecule is O=C1CCNC(=O)N1C1CCC1. The standard InChI is InChI=1S/C8H12N2O2/c11-7-4-5-9-8(12)10(7)6-2-1-3-6/h6H,1-5H2,(H,9,12). The number of nitrogens with one attached hydrogen (secondary N) is 1. The second-order valence-corrected chi connectivity index (χ2v) is 3.33. The summed E-state index contributed by atoms with van der Waals surface area (Å²) in [5.41, 5.74) is 0. The van der Waals surface area contributed by atoms with Crippen LogP contribution in [0.5, 0.6) is 0 Å². The maximum Gasteiger partial charge on any atom is 0.324 e. The molecule has 1 aliphatic carbocycles. The average molecular weight is 168 g/mol. The summed E-state index contributed by atoms with van der Waals surface area (Å²) in [4.78, 5) is 23.9. The van der Waals surface area contributed by atoms with Crippen molar-refractivity contribution in [2.24, 2.45) is 0 Å². The summed E-state index contributed by atoms with van der Waals surface area (Å²) in [6.07, 6.45) is 3.57. The first kappa shape index (κ1) is 7.58. The number of carbonyl (C=O) groups is 2. The van der Waals surface area contributed by atoms with Crippen molar-refractivity contribution in [3.63, 3.8) is 0 Å². The van der Waals surface area contributed by atoms with Crippen molar-refractivity contribution in [3.05, 3.63) is 0 Å². The first-order valence-electron chi connectivity index (χ1n) is 4.39. The number of hydrogen-bond acceptors (Lipinski definition) is 2. The fraction of sp³-hybridized carbons (Fsp3) is 0.750. The lowest BCUT2D eigenvalue weighted by Gasteiger charge is -2.37. The predicted octanol–water partition coefficient (Wildman–Crippen LogP) is 0.481. The molecular weight excluding hydrogens is 156 g/mol. The van der Waals surface area contributed by atoms with Gasteiger partial charge in [0.15, 0.2) is 0 Å². The van der Waals surface area contributed by atoms with Gasteiger partial charge in [0, 0.05) is 19.0 Å². The van der Waals surface area contributed by atoms with E-state index in [0.29, 0.717) is 13.0 Å². The van der Waals surface area contributed by atoms with Gasteiger partial charge in [0.1, 0.15) is 0 Å². The lowest BCUT2D eigenvalue weighted by Crippen LogP contribution is -2.56. The van der Waals surface area contributed by atoms with Crippen LogP contribution in [0.3, 0.4) is 0 Å². The summed E-state index contributed by atoms with van der Waals surface area (Å²) < 4.78 is 0. The molecule has 2 aliphatic rings. The minimum Gasteiger partial charge on any atom is -0.337 e. The van der Waals surface area contributed by atoms with E-state index in [1.54, 1.807) is 0 Å². The van der Waals surface area contributed by atoms with Gasteiger partial charge < -0.3 is 5.32 Å². The Labute approximate surface area is 70.9 Å². The van der Waals surface area contributed by atoms with Crippen LogP contribution in [0.4, 0.5) is 4.79 Å². The van der Waals surface area contributed by atoms with Crippen molar-refractivity contribution in [2.45, 2.75) is 31.7 Å². The number of urea groups is 1. The van der Waals surface area contributed by atoms with E-state index >= 15 is 0 Å². The first-order chi connectivity index (χ1) is 5.79. The van der Waals surface area contributed by atoms with Crippen LogP contribution in [-0.4, -0.2) is 29.4 Å². The Bertz CT molecular complexity index is 207. The van der Waals surface area contributed by atoms with Crippen molar-refractivity contribution < 1.29 is 9.59 Å². The zero-order valence-corrected chi connectivity index (χ0v) is 6.88. The Morgan fingerprint density at radius 2 is 2.08 bits per heavy atom. The number of nitrogens with zero attached hydrogens (tertiary/aromatic N) is 1. The maximum absolute atomic E-state index is 11.3. The van der Waals surface area contributed by atoms with Crippen molar-refractivity contribution in [2.75, 3.05) is 6.54 Å². The molecule has 0 aromatic rings. The molecule has 4 heteroatoms. The lowest BCUT2D eigenvalue weighted by molar-refractivity contribution is -0.132. The molecule has 2 rings (SSSR count). The van der Waals surface area contributed by atoms with Crippen LogP contribution < -0.4 is 5.32 Å². The van der Waals surface area contributed by atoms with Crippen molar-refractivity contribution >= 4 is 11.9 Å². The van der Waals surface area contributed by atoms with Crippen molar-refractivity contribution in [1.82, 2.24) is 10.2 Å². The number of amides is 3. The summed E-state index contributed by atoms with van der Waals surface area (Å²) in [6, 6.07) is -0.00579. The lowest BCUT2D eigenvalue weighted by atomic mass is 9.91. The Morgan fingerprint density at radius 3 is 2.58 bits per heavy atom. The molecule has 66 valence electrons. The topological polar surface area (TPSA) is 49.4 Å². The zero-order valence-electron chi connectivity index (χ0n) is 6.88. The summed E-state index contributed by atoms with van der Waals surface area (Å²) in [6.45, 7) is 0.501. The Kier molecular flexibility index (Phi) is 1.75. The van der Waals surface area contributed by atoms with Gasteiger partial charge in [0.05, 0.1) is 0 Å². The van der Waals surface area contributed by atoms with E-state index in [9.17, 15) is 9.59 Å². The molecule has 0 atom stereocenters. The monoisotopic (exact) mass is 168 g/mol. The smallest absolute Gasteiger partial charge is 0.324 e. The summed E-state index contributed by atoms with van der Waals surface area (Å²) in [7, 11) is 0. The van der Waals surface area contributed by atoms with E-state index in [2.05, 4.69) is 5.32 Å². The molecule has 0 aromatic heterocycles. The molecular formula is C8H12N2O2. The van der Waals surface area contributed by atoms with E-state index in [1.807, 2.05) is 0 Å². The minimum absolute atomic E-state index is 0.0107. The molecule has 12 heavy (non-hydrogen) atoms. The van der Waals surface area contributed by atoms with Crippen LogP contribution in [-0.2, 0) is 4.79 Å². The van der Waals surface area contributed by atoms with Gasteiger partial charge in [-0.2, -0.15) is 0 Å². The van der Waals surface area contributed by atoms with Crippen LogP contribution >= 0.6 is 0 Å². The summed E-state index contributed by atoms with van der Waals surface area (Å²) >= 11 is 0. The molecule has 0 unspecified atom stereocenters. The highest BCUT2D eigenvalue weighted by Gasteiger charge is 2.35. The highest BCUT2D eigenvalue weighted by atomic mass is 16.2. The van der Waals surface area contributed by atoms with Gasteiger partial charge in [-0.05, 0) is 19.3 Å². The van der Waals surface area contributed by atoms with Gasteiger partial charge in [-0.3, -0.25) is 9.69 Å². The van der Waals surface area contributed by atoms with Gasteiger partial charge in [0.2, 0.25) is 5.91 Å². The quantitative estimate of drug-likeness (QED) is 0.619. The van der Waals surface area contributed by atoms with Gasteiger partial charge >= 0.3 is 6.03 Å². The molecule has 0 bridgehead atoms. The van der Waals surface area contributed by atoms with Gasteiger partial charge in [-0.15, -0.1) is 0 Å². The molecule has 4 nitrogen and oxygen atoms in total. The third kappa shape index (κ3) is 1.07. The highest BCUT2D eigenvalue weighted by Crippen LogP contribution is 2.26. The van der Waals surface area contributed by atoms with E-state index in [0.717, 1.165) is 19.3 Å². The fourth-order valence-corrected chi connectivity index (χ4v) is 1.61. The van der Waals surface area contributed by atoms with E-state index < -0.39 is 0 Å². The van der Waals surface area contributed by atoms with Crippen LogP contribution in [0.25, 0.3) is 0 Å². The van der Waals surface area contributed by atoms with Crippen molar-refractivity contribution in [1.29, 1.82) is 0 Å². The largest absolute Gasteiger partial charge is 0.337 e. The minimum atomic E-state index is -0.198. The van der Waals surface area contributed by atoms with Gasteiger partial charge in [-0.1, -0.05) is 0 Å². The van der Waals surface area contributed by atoms with Crippen LogP contribution in [0, 0.1) is 0 Å². The van der Waals surface area contributed by atoms with E-state index in [-0.39, 0.29) is 18.0 Å². The molecule has 1 heterocycles. The molecule has 1 saturated heterocycles. The average Bonchev–Trinajstić information content (AvgIpc) is 1.93.